The summed E-state index contributed by atoms with van der Waals surface area (Å²) >= 11 is 5.30. The number of pyridine rings is 1. The first-order valence-corrected chi connectivity index (χ1v) is 16.9. The highest BCUT2D eigenvalue weighted by atomic mass is 32.1. The number of hydrogen-bond donors (Lipinski definition) is 0. The van der Waals surface area contributed by atoms with Crippen molar-refractivity contribution in [1.82, 2.24) is 14.5 Å². The van der Waals surface area contributed by atoms with Crippen LogP contribution in [0.4, 0.5) is 0 Å². The maximum absolute atomic E-state index is 5.08. The highest BCUT2D eigenvalue weighted by Gasteiger charge is 2.17. The zero-order valence-corrected chi connectivity index (χ0v) is 25.8. The van der Waals surface area contributed by atoms with Crippen molar-refractivity contribution >= 4 is 66.0 Å². The van der Waals surface area contributed by atoms with Crippen LogP contribution >= 0.6 is 34.0 Å². The Labute approximate surface area is 266 Å². The van der Waals surface area contributed by atoms with Crippen molar-refractivity contribution in [2.45, 2.75) is 0 Å². The maximum Gasteiger partial charge on any atom is 0.124 e. The maximum atomic E-state index is 5.08. The molecular weight excluding hydrogens is 595 g/mol. The largest absolute Gasteiger partial charge is 0.309 e. The molecule has 0 unspecified atom stereocenters. The predicted molar refractivity (Wildman–Crippen MR) is 189 cm³/mol. The molecule has 0 amide bonds. The van der Waals surface area contributed by atoms with Crippen LogP contribution in [0.5, 0.6) is 0 Å². The van der Waals surface area contributed by atoms with E-state index in [1.54, 1.807) is 34.0 Å². The second kappa shape index (κ2) is 10.4. The van der Waals surface area contributed by atoms with Crippen molar-refractivity contribution in [2.75, 3.05) is 0 Å². The minimum absolute atomic E-state index is 0.965. The summed E-state index contributed by atoms with van der Waals surface area (Å²) < 4.78 is 3.59. The molecule has 0 fully saturated rings. The van der Waals surface area contributed by atoms with E-state index in [9.17, 15) is 0 Å². The molecule has 0 N–H and O–H groups in total. The van der Waals surface area contributed by atoms with Crippen LogP contribution in [0.3, 0.4) is 0 Å². The summed E-state index contributed by atoms with van der Waals surface area (Å²) in [7, 11) is 0. The molecule has 9 aromatic rings. The highest BCUT2D eigenvalue weighted by molar-refractivity contribution is 7.21. The summed E-state index contributed by atoms with van der Waals surface area (Å²) in [6.07, 6.45) is 1.85. The minimum Gasteiger partial charge on any atom is -0.309 e. The molecule has 4 aromatic carbocycles. The molecule has 0 spiro atoms. The molecular formula is C38H23N3S3. The molecule has 0 radical (unpaired) electrons. The number of fused-ring (bicyclic) bond motifs is 4. The van der Waals surface area contributed by atoms with Gasteiger partial charge in [-0.25, -0.2) is 4.98 Å². The molecule has 3 nitrogen and oxygen atoms in total. The second-order valence-corrected chi connectivity index (χ2v) is 13.6. The zero-order chi connectivity index (χ0) is 29.0. The van der Waals surface area contributed by atoms with Crippen LogP contribution in [0.1, 0.15) is 0 Å². The van der Waals surface area contributed by atoms with E-state index in [-0.39, 0.29) is 0 Å². The summed E-state index contributed by atoms with van der Waals surface area (Å²) in [6.45, 7) is 0. The second-order valence-electron chi connectivity index (χ2n) is 10.7. The Morgan fingerprint density at radius 2 is 1.36 bits per heavy atom. The Morgan fingerprint density at radius 3 is 2.16 bits per heavy atom. The molecule has 9 rings (SSSR count). The number of rotatable bonds is 5. The van der Waals surface area contributed by atoms with Crippen LogP contribution < -0.4 is 0 Å². The summed E-state index contributed by atoms with van der Waals surface area (Å²) in [5.41, 5.74) is 10.2. The van der Waals surface area contributed by atoms with E-state index in [0.717, 1.165) is 38.5 Å². The van der Waals surface area contributed by atoms with E-state index in [1.165, 1.54) is 41.9 Å². The lowest BCUT2D eigenvalue weighted by molar-refractivity contribution is 1.18. The summed E-state index contributed by atoms with van der Waals surface area (Å²) in [5, 5.41) is 7.77. The van der Waals surface area contributed by atoms with Gasteiger partial charge in [0, 0.05) is 43.5 Å². The van der Waals surface area contributed by atoms with Crippen LogP contribution in [-0.4, -0.2) is 14.5 Å². The van der Waals surface area contributed by atoms with Crippen molar-refractivity contribution in [3.05, 3.63) is 138 Å². The van der Waals surface area contributed by atoms with E-state index in [2.05, 4.69) is 130 Å². The first-order valence-electron chi connectivity index (χ1n) is 14.4. The molecule has 0 aliphatic heterocycles. The number of benzene rings is 4. The Hall–Kier alpha value is -4.88. The summed E-state index contributed by atoms with van der Waals surface area (Å²) in [6, 6.07) is 43.6. The lowest BCUT2D eigenvalue weighted by Crippen LogP contribution is -1.95. The van der Waals surface area contributed by atoms with Gasteiger partial charge in [-0.3, -0.25) is 4.98 Å². The monoisotopic (exact) mass is 617 g/mol. The third kappa shape index (κ3) is 4.30. The zero-order valence-electron chi connectivity index (χ0n) is 23.3. The van der Waals surface area contributed by atoms with Crippen molar-refractivity contribution in [1.29, 1.82) is 0 Å². The fraction of sp³-hybridized carbons (Fsp3) is 0. The molecule has 208 valence electrons. The van der Waals surface area contributed by atoms with E-state index < -0.39 is 0 Å². The molecule has 0 aliphatic carbocycles. The van der Waals surface area contributed by atoms with Gasteiger partial charge in [0.2, 0.25) is 0 Å². The van der Waals surface area contributed by atoms with Gasteiger partial charge in [0.05, 0.1) is 26.9 Å². The van der Waals surface area contributed by atoms with E-state index in [0.29, 0.717) is 0 Å². The molecule has 0 atom stereocenters. The van der Waals surface area contributed by atoms with Crippen LogP contribution in [-0.2, 0) is 0 Å². The Bertz CT molecular complexity index is 2430. The van der Waals surface area contributed by atoms with Gasteiger partial charge in [0.15, 0.2) is 0 Å². The normalized spacial score (nSPS) is 11.6. The number of nitrogens with zero attached hydrogens (tertiary/aromatic N) is 3. The fourth-order valence-electron chi connectivity index (χ4n) is 6.01. The quantitative estimate of drug-likeness (QED) is 0.192. The van der Waals surface area contributed by atoms with Crippen molar-refractivity contribution in [3.63, 3.8) is 0 Å². The number of thiophene rings is 2. The van der Waals surface area contributed by atoms with Gasteiger partial charge in [-0.15, -0.1) is 34.0 Å². The third-order valence-electron chi connectivity index (χ3n) is 8.08. The van der Waals surface area contributed by atoms with Gasteiger partial charge >= 0.3 is 0 Å². The Morgan fingerprint density at radius 1 is 0.545 bits per heavy atom. The van der Waals surface area contributed by atoms with Crippen molar-refractivity contribution in [2.24, 2.45) is 0 Å². The van der Waals surface area contributed by atoms with Crippen LogP contribution in [0, 0.1) is 0 Å². The summed E-state index contributed by atoms with van der Waals surface area (Å²) in [4.78, 5) is 12.3. The molecule has 6 heteroatoms. The Balaban J connectivity index is 1.25. The molecule has 44 heavy (non-hydrogen) atoms. The average Bonchev–Trinajstić information content (AvgIpc) is 3.90. The lowest BCUT2D eigenvalue weighted by atomic mass is 10.1. The smallest absolute Gasteiger partial charge is 0.124 e. The number of aromatic nitrogens is 3. The first kappa shape index (κ1) is 25.6. The molecule has 0 bridgehead atoms. The topological polar surface area (TPSA) is 30.7 Å². The van der Waals surface area contributed by atoms with E-state index >= 15 is 0 Å². The van der Waals surface area contributed by atoms with Crippen molar-refractivity contribution < 1.29 is 0 Å². The van der Waals surface area contributed by atoms with Crippen molar-refractivity contribution in [3.8, 4) is 48.4 Å². The lowest BCUT2D eigenvalue weighted by Gasteiger charge is -2.11. The molecule has 5 heterocycles. The highest BCUT2D eigenvalue weighted by Crippen LogP contribution is 2.40. The predicted octanol–water partition coefficient (Wildman–Crippen LogP) is 11.6. The average molecular weight is 618 g/mol. The van der Waals surface area contributed by atoms with E-state index in [1.807, 2.05) is 18.3 Å². The molecule has 0 saturated heterocycles. The number of thiazole rings is 1. The summed E-state index contributed by atoms with van der Waals surface area (Å²) in [5.74, 6) is 0. The van der Waals surface area contributed by atoms with E-state index in [4.69, 9.17) is 4.98 Å². The van der Waals surface area contributed by atoms with Crippen LogP contribution in [0.25, 0.3) is 80.4 Å². The minimum atomic E-state index is 0.965. The van der Waals surface area contributed by atoms with Gasteiger partial charge in [-0.2, -0.15) is 0 Å². The van der Waals surface area contributed by atoms with Gasteiger partial charge in [0.25, 0.3) is 0 Å². The molecule has 0 saturated carbocycles. The van der Waals surface area contributed by atoms with Crippen LogP contribution in [0.15, 0.2) is 138 Å². The van der Waals surface area contributed by atoms with Crippen LogP contribution in [0.2, 0.25) is 0 Å². The number of hydrogen-bond acceptors (Lipinski definition) is 5. The SMILES string of the molecule is c1ccc(-c2cccc(-n3c4ccc(-c5cccs5)cc4c4ccc(-c5nc6ccc(-c7cccs7)cc6s5)cc43)c2)nc1. The van der Waals surface area contributed by atoms with Gasteiger partial charge in [0.1, 0.15) is 5.01 Å². The Kier molecular flexibility index (Phi) is 6.04. The standard InChI is InChI=1S/C38H23N3S3/c1-2-17-39-31(8-1)24-6-3-7-28(20-24)41-33-16-13-25(35-9-4-18-42-35)21-30(33)29-14-11-27(22-34(29)41)38-40-32-15-12-26(23-37(32)44-38)36-10-5-19-43-36/h1-23H. The first-order chi connectivity index (χ1) is 21.8. The molecule has 5 aromatic heterocycles. The third-order valence-corrected chi connectivity index (χ3v) is 11.0. The fourth-order valence-corrected chi connectivity index (χ4v) is 8.46. The van der Waals surface area contributed by atoms with Gasteiger partial charge in [-0.1, -0.05) is 54.6 Å². The molecule has 0 aliphatic rings. The van der Waals surface area contributed by atoms with Gasteiger partial charge in [-0.05, 0) is 88.6 Å². The van der Waals surface area contributed by atoms with Gasteiger partial charge < -0.3 is 4.57 Å².